The molecule has 21 heavy (non-hydrogen) atoms. The molecule has 6 heteroatoms. The first-order valence-electron chi connectivity index (χ1n) is 7.76. The number of nitrogens with two attached hydrogens (primary N) is 1. The van der Waals surface area contributed by atoms with Gasteiger partial charge in [0, 0.05) is 19.1 Å². The zero-order valence-electron chi connectivity index (χ0n) is 13.7. The van der Waals surface area contributed by atoms with E-state index in [1.165, 1.54) is 0 Å². The van der Waals surface area contributed by atoms with Crippen LogP contribution in [0, 0.1) is 13.8 Å². The Morgan fingerprint density at radius 1 is 1.29 bits per heavy atom. The summed E-state index contributed by atoms with van der Waals surface area (Å²) in [6.45, 7) is 9.69. The molecule has 0 fully saturated rings. The first-order valence-corrected chi connectivity index (χ1v) is 7.76. The van der Waals surface area contributed by atoms with Crippen molar-refractivity contribution in [3.63, 3.8) is 0 Å². The molecule has 1 heterocycles. The van der Waals surface area contributed by atoms with Gasteiger partial charge in [-0.2, -0.15) is 5.10 Å². The van der Waals surface area contributed by atoms with Crippen LogP contribution in [0.4, 0.5) is 5.69 Å². The fourth-order valence-corrected chi connectivity index (χ4v) is 2.77. The number of hydrogen-bond acceptors (Lipinski definition) is 5. The third kappa shape index (κ3) is 4.69. The van der Waals surface area contributed by atoms with E-state index < -0.39 is 6.10 Å². The SMILES string of the molecule is CCC(CC)N(CCO)CC(O)Cn1nc(C)c(N)c1C. The smallest absolute Gasteiger partial charge is 0.0862 e. The van der Waals surface area contributed by atoms with Crippen molar-refractivity contribution in [3.05, 3.63) is 11.4 Å². The molecule has 4 N–H and O–H groups in total. The van der Waals surface area contributed by atoms with Crippen LogP contribution in [-0.4, -0.2) is 56.7 Å². The quantitative estimate of drug-likeness (QED) is 0.631. The summed E-state index contributed by atoms with van der Waals surface area (Å²) in [6, 6.07) is 0.386. The third-order valence-corrected chi connectivity index (χ3v) is 4.11. The molecule has 0 saturated heterocycles. The van der Waals surface area contributed by atoms with Gasteiger partial charge in [0.25, 0.3) is 0 Å². The molecule has 0 spiro atoms. The molecule has 0 radical (unpaired) electrons. The average Bonchev–Trinajstić information content (AvgIpc) is 2.68. The number of nitrogens with zero attached hydrogens (tertiary/aromatic N) is 3. The predicted molar refractivity (Wildman–Crippen MR) is 85.1 cm³/mol. The first-order chi connectivity index (χ1) is 9.94. The van der Waals surface area contributed by atoms with E-state index >= 15 is 0 Å². The van der Waals surface area contributed by atoms with Gasteiger partial charge >= 0.3 is 0 Å². The Bertz CT molecular complexity index is 430. The Kier molecular flexibility index (Phi) is 7.14. The third-order valence-electron chi connectivity index (χ3n) is 4.11. The highest BCUT2D eigenvalue weighted by atomic mass is 16.3. The second-order valence-corrected chi connectivity index (χ2v) is 5.61. The van der Waals surface area contributed by atoms with Crippen molar-refractivity contribution in [1.29, 1.82) is 0 Å². The minimum absolute atomic E-state index is 0.107. The summed E-state index contributed by atoms with van der Waals surface area (Å²) in [4.78, 5) is 2.15. The lowest BCUT2D eigenvalue weighted by molar-refractivity contribution is 0.0588. The van der Waals surface area contributed by atoms with Crippen LogP contribution in [0.15, 0.2) is 0 Å². The Balaban J connectivity index is 2.68. The van der Waals surface area contributed by atoms with Crippen molar-refractivity contribution in [1.82, 2.24) is 14.7 Å². The predicted octanol–water partition coefficient (Wildman–Crippen LogP) is 0.926. The van der Waals surface area contributed by atoms with Gasteiger partial charge in [0.15, 0.2) is 0 Å². The Morgan fingerprint density at radius 3 is 2.33 bits per heavy atom. The number of aryl methyl sites for hydroxylation is 1. The van der Waals surface area contributed by atoms with Gasteiger partial charge in [-0.15, -0.1) is 0 Å². The highest BCUT2D eigenvalue weighted by Gasteiger charge is 2.19. The molecule has 1 aromatic rings. The number of nitrogen functional groups attached to an aromatic ring is 1. The van der Waals surface area contributed by atoms with E-state index in [9.17, 15) is 10.2 Å². The molecule has 0 amide bonds. The van der Waals surface area contributed by atoms with E-state index in [4.69, 9.17) is 5.73 Å². The van der Waals surface area contributed by atoms with E-state index in [1.807, 2.05) is 13.8 Å². The van der Waals surface area contributed by atoms with Gasteiger partial charge in [0.05, 0.1) is 36.3 Å². The zero-order valence-corrected chi connectivity index (χ0v) is 13.7. The maximum atomic E-state index is 10.3. The number of aromatic nitrogens is 2. The van der Waals surface area contributed by atoms with Gasteiger partial charge in [-0.05, 0) is 26.7 Å². The van der Waals surface area contributed by atoms with E-state index in [-0.39, 0.29) is 6.61 Å². The second-order valence-electron chi connectivity index (χ2n) is 5.61. The summed E-state index contributed by atoms with van der Waals surface area (Å²) in [5, 5.41) is 23.9. The topological polar surface area (TPSA) is 87.5 Å². The van der Waals surface area contributed by atoms with Crippen LogP contribution in [0.2, 0.25) is 0 Å². The lowest BCUT2D eigenvalue weighted by Crippen LogP contribution is -2.43. The lowest BCUT2D eigenvalue weighted by atomic mass is 10.1. The first kappa shape index (κ1) is 17.9. The molecule has 1 rings (SSSR count). The van der Waals surface area contributed by atoms with Gasteiger partial charge in [0.2, 0.25) is 0 Å². The number of aliphatic hydroxyl groups excluding tert-OH is 2. The van der Waals surface area contributed by atoms with Crippen LogP contribution in [0.1, 0.15) is 38.1 Å². The van der Waals surface area contributed by atoms with Gasteiger partial charge < -0.3 is 15.9 Å². The second kappa shape index (κ2) is 8.36. The largest absolute Gasteiger partial charge is 0.396 e. The average molecular weight is 298 g/mol. The van der Waals surface area contributed by atoms with Crippen LogP contribution in [-0.2, 0) is 6.54 Å². The molecule has 0 bridgehead atoms. The summed E-state index contributed by atoms with van der Waals surface area (Å²) in [6.07, 6.45) is 1.49. The van der Waals surface area contributed by atoms with Crippen molar-refractivity contribution >= 4 is 5.69 Å². The molecule has 6 nitrogen and oxygen atoms in total. The summed E-state index contributed by atoms with van der Waals surface area (Å²) in [5.74, 6) is 0. The fourth-order valence-electron chi connectivity index (χ4n) is 2.77. The minimum Gasteiger partial charge on any atom is -0.396 e. The lowest BCUT2D eigenvalue weighted by Gasteiger charge is -2.31. The molecule has 1 aromatic heterocycles. The van der Waals surface area contributed by atoms with Crippen LogP contribution in [0.3, 0.4) is 0 Å². The number of hydrogen-bond donors (Lipinski definition) is 3. The van der Waals surface area contributed by atoms with E-state index in [2.05, 4.69) is 23.8 Å². The number of rotatable bonds is 9. The highest BCUT2D eigenvalue weighted by Crippen LogP contribution is 2.16. The molecule has 0 saturated carbocycles. The van der Waals surface area contributed by atoms with E-state index in [0.29, 0.717) is 31.4 Å². The Labute approximate surface area is 127 Å². The maximum Gasteiger partial charge on any atom is 0.0862 e. The van der Waals surface area contributed by atoms with Crippen molar-refractivity contribution in [2.24, 2.45) is 0 Å². The van der Waals surface area contributed by atoms with Crippen LogP contribution in [0.5, 0.6) is 0 Å². The summed E-state index contributed by atoms with van der Waals surface area (Å²) >= 11 is 0. The summed E-state index contributed by atoms with van der Waals surface area (Å²) in [5.41, 5.74) is 8.29. The molecule has 0 aliphatic carbocycles. The van der Waals surface area contributed by atoms with Gasteiger partial charge in [-0.25, -0.2) is 0 Å². The molecular formula is C15H30N4O2. The molecule has 0 aliphatic heterocycles. The molecular weight excluding hydrogens is 268 g/mol. The fraction of sp³-hybridized carbons (Fsp3) is 0.800. The molecule has 1 atom stereocenters. The van der Waals surface area contributed by atoms with Crippen molar-refractivity contribution in [2.45, 2.75) is 59.2 Å². The standard InChI is InChI=1S/C15H30N4O2/c1-5-13(6-2)18(7-8-20)9-14(21)10-19-12(4)15(16)11(3)17-19/h13-14,20-21H,5-10,16H2,1-4H3. The Hall–Kier alpha value is -1.11. The van der Waals surface area contributed by atoms with E-state index in [1.54, 1.807) is 4.68 Å². The van der Waals surface area contributed by atoms with E-state index in [0.717, 1.165) is 24.2 Å². The molecule has 0 aromatic carbocycles. The van der Waals surface area contributed by atoms with Crippen molar-refractivity contribution in [3.8, 4) is 0 Å². The summed E-state index contributed by atoms with van der Waals surface area (Å²) in [7, 11) is 0. The molecule has 1 unspecified atom stereocenters. The zero-order chi connectivity index (χ0) is 16.0. The summed E-state index contributed by atoms with van der Waals surface area (Å²) < 4.78 is 1.76. The Morgan fingerprint density at radius 2 is 1.90 bits per heavy atom. The molecule has 122 valence electrons. The number of aliphatic hydroxyl groups is 2. The van der Waals surface area contributed by atoms with Crippen LogP contribution >= 0.6 is 0 Å². The van der Waals surface area contributed by atoms with Crippen molar-refractivity contribution in [2.75, 3.05) is 25.4 Å². The van der Waals surface area contributed by atoms with Gasteiger partial charge in [-0.3, -0.25) is 9.58 Å². The van der Waals surface area contributed by atoms with Gasteiger partial charge in [-0.1, -0.05) is 13.8 Å². The van der Waals surface area contributed by atoms with Gasteiger partial charge in [0.1, 0.15) is 0 Å². The minimum atomic E-state index is -0.533. The molecule has 0 aliphatic rings. The maximum absolute atomic E-state index is 10.3. The highest BCUT2D eigenvalue weighted by molar-refractivity contribution is 5.46. The monoisotopic (exact) mass is 298 g/mol. The van der Waals surface area contributed by atoms with Crippen LogP contribution < -0.4 is 5.73 Å². The number of anilines is 1. The van der Waals surface area contributed by atoms with Crippen LogP contribution in [0.25, 0.3) is 0 Å². The van der Waals surface area contributed by atoms with Crippen molar-refractivity contribution < 1.29 is 10.2 Å². The normalized spacial score (nSPS) is 13.3.